The molecule has 2 aliphatic rings. The molecule has 3 aromatic rings. The molecule has 5 amide bonds. The third-order valence-electron chi connectivity index (χ3n) is 12.4. The summed E-state index contributed by atoms with van der Waals surface area (Å²) in [6.07, 6.45) is 4.81. The number of aromatic amines is 1. The quantitative estimate of drug-likeness (QED) is 0.0661. The molecule has 1 saturated carbocycles. The number of H-pyrrole nitrogens is 1. The minimum absolute atomic E-state index is 0.0267. The van der Waals surface area contributed by atoms with Crippen LogP contribution in [0.5, 0.6) is 0 Å². The van der Waals surface area contributed by atoms with Crippen LogP contribution >= 0.6 is 0 Å². The van der Waals surface area contributed by atoms with Gasteiger partial charge in [0, 0.05) is 85.6 Å². The maximum atomic E-state index is 14.0. The number of piperidine rings is 1. The molecular weight excluding hydrogens is 821 g/mol. The largest absolute Gasteiger partial charge is 0.481 e. The van der Waals surface area contributed by atoms with Gasteiger partial charge >= 0.3 is 11.9 Å². The van der Waals surface area contributed by atoms with Crippen molar-refractivity contribution < 1.29 is 43.8 Å². The van der Waals surface area contributed by atoms with Crippen LogP contribution in [0, 0.1) is 17.8 Å². The van der Waals surface area contributed by atoms with Crippen molar-refractivity contribution in [3.05, 3.63) is 71.9 Å². The summed E-state index contributed by atoms with van der Waals surface area (Å²) in [5, 5.41) is 37.6. The lowest BCUT2D eigenvalue weighted by Gasteiger charge is -2.33. The molecule has 0 unspecified atom stereocenters. The molecule has 0 spiro atoms. The SMILES string of the molecule is CC(C)[C@@H](CC(=O)N[C@@H]1CCCC[C@H]1C(=O)N[C@H](CC(=O)N[C@@H](CCC(=O)O)CC(=O)O)Cc1ccccc1)NC(=O)C[C@H](Cc1c[nH]c2ccccc12)NC(=O)[C@@H]1CNCC[C@H]1N. The number of hydrogen-bond acceptors (Lipinski definition) is 9. The summed E-state index contributed by atoms with van der Waals surface area (Å²) in [7, 11) is 0. The zero-order chi connectivity index (χ0) is 46.2. The van der Waals surface area contributed by atoms with Crippen molar-refractivity contribution in [2.45, 2.75) is 134 Å². The fourth-order valence-electron chi connectivity index (χ4n) is 8.87. The maximum absolute atomic E-state index is 14.0. The molecule has 17 nitrogen and oxygen atoms in total. The average Bonchev–Trinajstić information content (AvgIpc) is 3.65. The van der Waals surface area contributed by atoms with E-state index in [1.165, 1.54) is 0 Å². The Labute approximate surface area is 374 Å². The predicted molar refractivity (Wildman–Crippen MR) is 241 cm³/mol. The predicted octanol–water partition coefficient (Wildman–Crippen LogP) is 2.67. The van der Waals surface area contributed by atoms with Gasteiger partial charge in [0.15, 0.2) is 0 Å². The summed E-state index contributed by atoms with van der Waals surface area (Å²) in [5.41, 5.74) is 9.09. The number of fused-ring (bicyclic) bond motifs is 1. The number of carboxylic acid groups (broad SMARTS) is 2. The second-order valence-corrected chi connectivity index (χ2v) is 17.8. The van der Waals surface area contributed by atoms with Gasteiger partial charge in [0.2, 0.25) is 29.5 Å². The van der Waals surface area contributed by atoms with Crippen LogP contribution in [0.2, 0.25) is 0 Å². The van der Waals surface area contributed by atoms with Gasteiger partial charge in [-0.3, -0.25) is 33.6 Å². The van der Waals surface area contributed by atoms with Crippen molar-refractivity contribution in [1.29, 1.82) is 0 Å². The first-order chi connectivity index (χ1) is 30.6. The Morgan fingerprint density at radius 2 is 1.36 bits per heavy atom. The number of amides is 5. The highest BCUT2D eigenvalue weighted by Gasteiger charge is 2.35. The van der Waals surface area contributed by atoms with Crippen LogP contribution in [-0.4, -0.2) is 106 Å². The number of hydrogen-bond donors (Lipinski definition) is 10. The number of aliphatic carboxylic acids is 2. The van der Waals surface area contributed by atoms with Gasteiger partial charge in [-0.15, -0.1) is 0 Å². The van der Waals surface area contributed by atoms with Gasteiger partial charge in [-0.25, -0.2) is 0 Å². The van der Waals surface area contributed by atoms with E-state index < -0.39 is 66.3 Å². The molecule has 64 heavy (non-hydrogen) atoms. The maximum Gasteiger partial charge on any atom is 0.305 e. The van der Waals surface area contributed by atoms with Crippen molar-refractivity contribution in [1.82, 2.24) is 36.9 Å². The van der Waals surface area contributed by atoms with E-state index in [1.807, 2.05) is 74.6 Å². The highest BCUT2D eigenvalue weighted by molar-refractivity contribution is 5.86. The summed E-state index contributed by atoms with van der Waals surface area (Å²) in [6.45, 7) is 5.01. The number of rotatable bonds is 23. The fraction of sp³-hybridized carbons (Fsp3) is 0.553. The molecule has 2 heterocycles. The zero-order valence-corrected chi connectivity index (χ0v) is 36.9. The molecule has 1 aromatic heterocycles. The monoisotopic (exact) mass is 886 g/mol. The smallest absolute Gasteiger partial charge is 0.305 e. The minimum atomic E-state index is -1.18. The second-order valence-electron chi connectivity index (χ2n) is 17.8. The van der Waals surface area contributed by atoms with E-state index in [4.69, 9.17) is 10.8 Å². The lowest BCUT2D eigenvalue weighted by Crippen LogP contribution is -2.54. The van der Waals surface area contributed by atoms with Gasteiger partial charge < -0.3 is 52.8 Å². The number of carboxylic acids is 2. The molecular formula is C47H66N8O9. The van der Waals surface area contributed by atoms with Crippen LogP contribution in [-0.2, 0) is 46.4 Å². The van der Waals surface area contributed by atoms with E-state index in [0.717, 1.165) is 41.4 Å². The number of nitrogens with two attached hydrogens (primary N) is 1. The third-order valence-corrected chi connectivity index (χ3v) is 12.4. The van der Waals surface area contributed by atoms with Crippen LogP contribution in [0.3, 0.4) is 0 Å². The first kappa shape index (κ1) is 49.2. The number of benzene rings is 2. The summed E-state index contributed by atoms with van der Waals surface area (Å²) in [5.74, 6) is -5.15. The highest BCUT2D eigenvalue weighted by Crippen LogP contribution is 2.26. The minimum Gasteiger partial charge on any atom is -0.481 e. The molecule has 1 aliphatic heterocycles. The first-order valence-corrected chi connectivity index (χ1v) is 22.6. The summed E-state index contributed by atoms with van der Waals surface area (Å²) >= 11 is 0. The Hall–Kier alpha value is -5.81. The van der Waals surface area contributed by atoms with Crippen LogP contribution in [0.25, 0.3) is 10.9 Å². The van der Waals surface area contributed by atoms with Crippen molar-refractivity contribution in [2.75, 3.05) is 13.1 Å². The van der Waals surface area contributed by atoms with E-state index in [-0.39, 0.29) is 67.7 Å². The Morgan fingerprint density at radius 1 is 0.703 bits per heavy atom. The van der Waals surface area contributed by atoms with E-state index in [0.29, 0.717) is 38.6 Å². The second kappa shape index (κ2) is 24.3. The normalized spacial score (nSPS) is 20.6. The molecule has 2 fully saturated rings. The van der Waals surface area contributed by atoms with Crippen molar-refractivity contribution in [3.8, 4) is 0 Å². The Bertz CT molecular complexity index is 2060. The number of nitrogens with one attached hydrogen (secondary N) is 7. The van der Waals surface area contributed by atoms with Crippen LogP contribution in [0.4, 0.5) is 0 Å². The topological polar surface area (TPSA) is 274 Å². The van der Waals surface area contributed by atoms with Gasteiger partial charge in [-0.05, 0) is 68.2 Å². The lowest BCUT2D eigenvalue weighted by molar-refractivity contribution is -0.140. The summed E-state index contributed by atoms with van der Waals surface area (Å²) < 4.78 is 0. The van der Waals surface area contributed by atoms with Crippen molar-refractivity contribution in [3.63, 3.8) is 0 Å². The highest BCUT2D eigenvalue weighted by atomic mass is 16.4. The molecule has 2 aromatic carbocycles. The number of carbonyl (C=O) groups is 7. The molecule has 17 heteroatoms. The van der Waals surface area contributed by atoms with E-state index in [1.54, 1.807) is 0 Å². The molecule has 11 N–H and O–H groups in total. The Balaban J connectivity index is 1.21. The van der Waals surface area contributed by atoms with Crippen molar-refractivity contribution in [2.24, 2.45) is 23.5 Å². The Morgan fingerprint density at radius 3 is 2.05 bits per heavy atom. The molecule has 5 rings (SSSR count). The van der Waals surface area contributed by atoms with Crippen LogP contribution < -0.4 is 37.6 Å². The van der Waals surface area contributed by atoms with Gasteiger partial charge in [0.1, 0.15) is 0 Å². The molecule has 348 valence electrons. The lowest BCUT2D eigenvalue weighted by atomic mass is 9.83. The standard InChI is InChI=1S/C47H66N8O9/c1-28(2)40(55-42(57)23-33(53-47(64)36-27-49-19-18-37(36)48)21-30-26-50-38-14-8-6-12-34(30)38)25-43(58)54-39-15-9-7-13-35(39)46(63)52-32(20-29-10-4-3-5-11-29)22-41(56)51-31(24-45(61)62)16-17-44(59)60/h3-6,8,10-12,14,26,28,31-33,35-37,39-40,49-50H,7,9,13,15-25,27,48H2,1-2H3,(H,51,56)(H,52,63)(H,53,64)(H,54,58)(H,55,57)(H,59,60)(H,61,62)/t31-,32-,33-,35+,36+,37+,39+,40+/m0/s1. The average molecular weight is 887 g/mol. The van der Waals surface area contributed by atoms with E-state index >= 15 is 0 Å². The molecule has 0 bridgehead atoms. The number of aromatic nitrogens is 1. The van der Waals surface area contributed by atoms with Crippen LogP contribution in [0.15, 0.2) is 60.8 Å². The third kappa shape index (κ3) is 15.5. The molecule has 1 aliphatic carbocycles. The zero-order valence-electron chi connectivity index (χ0n) is 36.9. The fourth-order valence-corrected chi connectivity index (χ4v) is 8.87. The van der Waals surface area contributed by atoms with Gasteiger partial charge in [-0.2, -0.15) is 0 Å². The molecule has 0 radical (unpaired) electrons. The van der Waals surface area contributed by atoms with E-state index in [2.05, 4.69) is 36.9 Å². The van der Waals surface area contributed by atoms with Gasteiger partial charge in [0.05, 0.1) is 18.3 Å². The first-order valence-electron chi connectivity index (χ1n) is 22.6. The van der Waals surface area contributed by atoms with Gasteiger partial charge in [0.25, 0.3) is 0 Å². The summed E-state index contributed by atoms with van der Waals surface area (Å²) in [6, 6.07) is 13.6. The van der Waals surface area contributed by atoms with Crippen LogP contribution in [0.1, 0.15) is 95.6 Å². The number of para-hydroxylation sites is 1. The van der Waals surface area contributed by atoms with Gasteiger partial charge in [-0.1, -0.05) is 75.2 Å². The Kier molecular flexibility index (Phi) is 18.7. The van der Waals surface area contributed by atoms with E-state index in [9.17, 15) is 38.7 Å². The number of carbonyl (C=O) groups excluding carboxylic acids is 5. The molecule has 8 atom stereocenters. The molecule has 1 saturated heterocycles. The summed E-state index contributed by atoms with van der Waals surface area (Å²) in [4.78, 5) is 94.3. The van der Waals surface area contributed by atoms with Crippen molar-refractivity contribution >= 4 is 52.4 Å².